The Labute approximate surface area is 108 Å². The fourth-order valence-electron chi connectivity index (χ4n) is 2.21. The van der Waals surface area contributed by atoms with Crippen molar-refractivity contribution in [2.75, 3.05) is 25.1 Å². The Morgan fingerprint density at radius 3 is 2.88 bits per heavy atom. The summed E-state index contributed by atoms with van der Waals surface area (Å²) in [6.45, 7) is 6.43. The van der Waals surface area contributed by atoms with Crippen molar-refractivity contribution in [1.82, 2.24) is 5.32 Å². The number of hydrogen-bond donors (Lipinski definition) is 1. The van der Waals surface area contributed by atoms with Gasteiger partial charge in [0.25, 0.3) is 0 Å². The van der Waals surface area contributed by atoms with E-state index < -0.39 is 0 Å². The maximum atomic E-state index is 6.04. The van der Waals surface area contributed by atoms with Gasteiger partial charge in [0, 0.05) is 36.9 Å². The van der Waals surface area contributed by atoms with Crippen LogP contribution in [-0.2, 0) is 0 Å². The van der Waals surface area contributed by atoms with E-state index in [0.29, 0.717) is 17.1 Å². The molecule has 1 aliphatic heterocycles. The van der Waals surface area contributed by atoms with Gasteiger partial charge >= 0.3 is 0 Å². The summed E-state index contributed by atoms with van der Waals surface area (Å²) in [5.41, 5.74) is 1.17. The van der Waals surface area contributed by atoms with Gasteiger partial charge in [0.15, 0.2) is 0 Å². The van der Waals surface area contributed by atoms with Crippen molar-refractivity contribution >= 4 is 17.3 Å². The molecule has 2 atom stereocenters. The van der Waals surface area contributed by atoms with Gasteiger partial charge in [0.1, 0.15) is 5.75 Å². The summed E-state index contributed by atoms with van der Waals surface area (Å²) in [5, 5.41) is 4.13. The molecule has 1 aromatic rings. The molecule has 0 saturated carbocycles. The van der Waals surface area contributed by atoms with Crippen molar-refractivity contribution in [3.05, 3.63) is 23.2 Å². The van der Waals surface area contributed by atoms with Crippen LogP contribution in [0.15, 0.2) is 18.2 Å². The van der Waals surface area contributed by atoms with Crippen LogP contribution in [-0.4, -0.2) is 32.3 Å². The predicted molar refractivity (Wildman–Crippen MR) is 72.3 cm³/mol. The highest BCUT2D eigenvalue weighted by atomic mass is 35.5. The number of anilines is 1. The van der Waals surface area contributed by atoms with Crippen LogP contribution in [0.1, 0.15) is 13.8 Å². The summed E-state index contributed by atoms with van der Waals surface area (Å²) in [6, 6.07) is 6.95. The average molecular weight is 255 g/mol. The molecule has 0 amide bonds. The molecule has 2 rings (SSSR count). The molecule has 17 heavy (non-hydrogen) atoms. The van der Waals surface area contributed by atoms with E-state index in [2.05, 4.69) is 30.1 Å². The monoisotopic (exact) mass is 254 g/mol. The van der Waals surface area contributed by atoms with Gasteiger partial charge in [-0.15, -0.1) is 0 Å². The largest absolute Gasteiger partial charge is 0.495 e. The van der Waals surface area contributed by atoms with Crippen molar-refractivity contribution in [1.29, 1.82) is 0 Å². The van der Waals surface area contributed by atoms with E-state index in [1.807, 2.05) is 12.1 Å². The van der Waals surface area contributed by atoms with Gasteiger partial charge in [0.2, 0.25) is 0 Å². The topological polar surface area (TPSA) is 24.5 Å². The van der Waals surface area contributed by atoms with Gasteiger partial charge in [-0.2, -0.15) is 0 Å². The van der Waals surface area contributed by atoms with E-state index in [-0.39, 0.29) is 0 Å². The highest BCUT2D eigenvalue weighted by Gasteiger charge is 2.23. The molecule has 1 fully saturated rings. The third-order valence-corrected chi connectivity index (χ3v) is 3.54. The van der Waals surface area contributed by atoms with Crippen LogP contribution in [0.5, 0.6) is 5.75 Å². The summed E-state index contributed by atoms with van der Waals surface area (Å²) in [6.07, 6.45) is 0. The smallest absolute Gasteiger partial charge is 0.139 e. The molecule has 4 heteroatoms. The van der Waals surface area contributed by atoms with E-state index in [9.17, 15) is 0 Å². The first-order chi connectivity index (χ1) is 8.11. The zero-order chi connectivity index (χ0) is 12.4. The molecule has 94 valence electrons. The Morgan fingerprint density at radius 2 is 2.18 bits per heavy atom. The van der Waals surface area contributed by atoms with Crippen molar-refractivity contribution in [2.24, 2.45) is 0 Å². The molecule has 1 aliphatic rings. The number of hydrogen-bond acceptors (Lipinski definition) is 3. The SMILES string of the molecule is COc1cc(N2CC(C)NCC2C)ccc1Cl. The van der Waals surface area contributed by atoms with Crippen LogP contribution in [0.3, 0.4) is 0 Å². The minimum atomic E-state index is 0.483. The first-order valence-corrected chi connectivity index (χ1v) is 6.33. The van der Waals surface area contributed by atoms with Crippen LogP contribution in [0.4, 0.5) is 5.69 Å². The lowest BCUT2D eigenvalue weighted by molar-refractivity contribution is 0.411. The number of rotatable bonds is 2. The quantitative estimate of drug-likeness (QED) is 0.878. The summed E-state index contributed by atoms with van der Waals surface area (Å²) in [7, 11) is 1.65. The van der Waals surface area contributed by atoms with Crippen molar-refractivity contribution in [3.8, 4) is 5.75 Å². The molecule has 1 saturated heterocycles. The Kier molecular flexibility index (Phi) is 3.79. The van der Waals surface area contributed by atoms with Crippen LogP contribution in [0.2, 0.25) is 5.02 Å². The normalized spacial score (nSPS) is 24.8. The third kappa shape index (κ3) is 2.67. The first-order valence-electron chi connectivity index (χ1n) is 5.95. The Hall–Kier alpha value is -0.930. The number of nitrogens with zero attached hydrogens (tertiary/aromatic N) is 1. The van der Waals surface area contributed by atoms with Gasteiger partial charge < -0.3 is 15.0 Å². The van der Waals surface area contributed by atoms with Crippen molar-refractivity contribution in [3.63, 3.8) is 0 Å². The van der Waals surface area contributed by atoms with E-state index in [1.54, 1.807) is 7.11 Å². The van der Waals surface area contributed by atoms with Crippen LogP contribution in [0.25, 0.3) is 0 Å². The van der Waals surface area contributed by atoms with Gasteiger partial charge in [-0.1, -0.05) is 11.6 Å². The molecule has 1 N–H and O–H groups in total. The second-order valence-corrected chi connectivity index (χ2v) is 5.04. The molecule has 0 radical (unpaired) electrons. The Bertz CT molecular complexity index is 397. The second kappa shape index (κ2) is 5.15. The molecular weight excluding hydrogens is 236 g/mol. The summed E-state index contributed by atoms with van der Waals surface area (Å²) >= 11 is 6.04. The van der Waals surface area contributed by atoms with Gasteiger partial charge in [0.05, 0.1) is 12.1 Å². The molecule has 0 aromatic heterocycles. The van der Waals surface area contributed by atoms with E-state index in [4.69, 9.17) is 16.3 Å². The number of methoxy groups -OCH3 is 1. The lowest BCUT2D eigenvalue weighted by Gasteiger charge is -2.39. The highest BCUT2D eigenvalue weighted by molar-refractivity contribution is 6.32. The maximum absolute atomic E-state index is 6.04. The Morgan fingerprint density at radius 1 is 1.41 bits per heavy atom. The summed E-state index contributed by atoms with van der Waals surface area (Å²) in [4.78, 5) is 2.39. The van der Waals surface area contributed by atoms with Crippen LogP contribution < -0.4 is 15.0 Å². The highest BCUT2D eigenvalue weighted by Crippen LogP contribution is 2.30. The standard InChI is InChI=1S/C13H19ClN2O/c1-9-8-16(10(2)7-15-9)11-4-5-12(14)13(6-11)17-3/h4-6,9-10,15H,7-8H2,1-3H3. The fraction of sp³-hybridized carbons (Fsp3) is 0.538. The van der Waals surface area contributed by atoms with Gasteiger partial charge in [-0.05, 0) is 26.0 Å². The average Bonchev–Trinajstić information content (AvgIpc) is 2.33. The molecule has 2 unspecified atom stereocenters. The molecule has 1 aromatic carbocycles. The Balaban J connectivity index is 2.26. The minimum Gasteiger partial charge on any atom is -0.495 e. The molecule has 3 nitrogen and oxygen atoms in total. The van der Waals surface area contributed by atoms with Crippen LogP contribution >= 0.6 is 11.6 Å². The van der Waals surface area contributed by atoms with Crippen molar-refractivity contribution < 1.29 is 4.74 Å². The fourth-order valence-corrected chi connectivity index (χ4v) is 2.40. The molecule has 0 bridgehead atoms. The molecule has 1 heterocycles. The van der Waals surface area contributed by atoms with E-state index in [1.165, 1.54) is 5.69 Å². The van der Waals surface area contributed by atoms with Crippen molar-refractivity contribution in [2.45, 2.75) is 25.9 Å². The lowest BCUT2D eigenvalue weighted by atomic mass is 10.1. The minimum absolute atomic E-state index is 0.483. The molecule has 0 aliphatic carbocycles. The maximum Gasteiger partial charge on any atom is 0.139 e. The zero-order valence-electron chi connectivity index (χ0n) is 10.5. The first kappa shape index (κ1) is 12.5. The number of halogens is 1. The third-order valence-electron chi connectivity index (χ3n) is 3.23. The number of ether oxygens (including phenoxy) is 1. The molecular formula is C13H19ClN2O. The predicted octanol–water partition coefficient (Wildman–Crippen LogP) is 2.54. The summed E-state index contributed by atoms with van der Waals surface area (Å²) in [5.74, 6) is 0.738. The molecule has 0 spiro atoms. The number of piperazine rings is 1. The number of nitrogens with one attached hydrogen (secondary N) is 1. The van der Waals surface area contributed by atoms with E-state index >= 15 is 0 Å². The lowest BCUT2D eigenvalue weighted by Crippen LogP contribution is -2.54. The van der Waals surface area contributed by atoms with Gasteiger partial charge in [-0.3, -0.25) is 0 Å². The zero-order valence-corrected chi connectivity index (χ0v) is 11.3. The van der Waals surface area contributed by atoms with Gasteiger partial charge in [-0.25, -0.2) is 0 Å². The van der Waals surface area contributed by atoms with E-state index in [0.717, 1.165) is 18.8 Å². The second-order valence-electron chi connectivity index (χ2n) is 4.63. The number of benzene rings is 1. The summed E-state index contributed by atoms with van der Waals surface area (Å²) < 4.78 is 5.26. The van der Waals surface area contributed by atoms with Crippen LogP contribution in [0, 0.1) is 0 Å².